The van der Waals surface area contributed by atoms with Gasteiger partial charge in [0.15, 0.2) is 0 Å². The molecule has 0 saturated heterocycles. The van der Waals surface area contributed by atoms with Gasteiger partial charge in [0.05, 0.1) is 5.69 Å². The average molecular weight is 374 g/mol. The monoisotopic (exact) mass is 374 g/mol. The van der Waals surface area contributed by atoms with Crippen LogP contribution in [0, 0.1) is 11.6 Å². The number of hydrogen-bond acceptors (Lipinski definition) is 2. The van der Waals surface area contributed by atoms with Gasteiger partial charge in [-0.15, -0.1) is 0 Å². The maximum absolute atomic E-state index is 13.6. The summed E-state index contributed by atoms with van der Waals surface area (Å²) in [6.45, 7) is 7.88. The van der Waals surface area contributed by atoms with Crippen LogP contribution in [-0.4, -0.2) is 18.4 Å². The van der Waals surface area contributed by atoms with E-state index in [1.165, 1.54) is 11.8 Å². The molecule has 27 heavy (non-hydrogen) atoms. The predicted molar refractivity (Wildman–Crippen MR) is 103 cm³/mol. The van der Waals surface area contributed by atoms with E-state index in [1.807, 2.05) is 24.3 Å². The molecule has 1 N–H and O–H groups in total. The van der Waals surface area contributed by atoms with Crippen molar-refractivity contribution in [1.82, 2.24) is 0 Å². The number of anilines is 2. The Kier molecular flexibility index (Phi) is 6.31. The third kappa shape index (κ3) is 5.61. The largest absolute Gasteiger partial charge is 0.324 e. The number of nitrogens with one attached hydrogen (secondary N) is 1. The minimum Gasteiger partial charge on any atom is -0.324 e. The first-order valence-corrected chi connectivity index (χ1v) is 8.71. The summed E-state index contributed by atoms with van der Waals surface area (Å²) >= 11 is 0. The molecular weight excluding hydrogens is 350 g/mol. The fourth-order valence-corrected chi connectivity index (χ4v) is 2.63. The molecule has 0 atom stereocenters. The lowest BCUT2D eigenvalue weighted by atomic mass is 9.87. The fourth-order valence-electron chi connectivity index (χ4n) is 2.63. The van der Waals surface area contributed by atoms with Crippen LogP contribution < -0.4 is 10.2 Å². The number of halogens is 2. The molecule has 0 aromatic heterocycles. The van der Waals surface area contributed by atoms with Crippen molar-refractivity contribution >= 4 is 23.2 Å². The highest BCUT2D eigenvalue weighted by Gasteiger charge is 2.17. The molecule has 0 heterocycles. The molecular formula is C21H24F2N2O2. The molecule has 0 aliphatic rings. The molecule has 0 spiro atoms. The van der Waals surface area contributed by atoms with Crippen LogP contribution in [-0.2, 0) is 15.0 Å². The summed E-state index contributed by atoms with van der Waals surface area (Å²) in [4.78, 5) is 25.6. The second-order valence-electron chi connectivity index (χ2n) is 7.39. The van der Waals surface area contributed by atoms with Gasteiger partial charge in [-0.3, -0.25) is 9.59 Å². The molecule has 0 radical (unpaired) electrons. The van der Waals surface area contributed by atoms with Crippen LogP contribution in [0.1, 0.15) is 39.7 Å². The van der Waals surface area contributed by atoms with Crippen LogP contribution in [0.4, 0.5) is 20.2 Å². The number of rotatable bonds is 5. The number of amides is 2. The van der Waals surface area contributed by atoms with E-state index in [9.17, 15) is 18.4 Å². The summed E-state index contributed by atoms with van der Waals surface area (Å²) in [5.41, 5.74) is 1.74. The van der Waals surface area contributed by atoms with Gasteiger partial charge in [0.1, 0.15) is 11.6 Å². The maximum atomic E-state index is 13.6. The van der Waals surface area contributed by atoms with Crippen LogP contribution in [0.2, 0.25) is 0 Å². The van der Waals surface area contributed by atoms with Crippen molar-refractivity contribution < 1.29 is 18.4 Å². The summed E-state index contributed by atoms with van der Waals surface area (Å²) in [5, 5.41) is 2.39. The summed E-state index contributed by atoms with van der Waals surface area (Å²) in [7, 11) is 0. The van der Waals surface area contributed by atoms with Gasteiger partial charge in [0.25, 0.3) is 0 Å². The topological polar surface area (TPSA) is 49.4 Å². The number of hydrogen-bond donors (Lipinski definition) is 1. The minimum absolute atomic E-state index is 0.00129. The van der Waals surface area contributed by atoms with Gasteiger partial charge in [-0.05, 0) is 35.2 Å². The van der Waals surface area contributed by atoms with Crippen molar-refractivity contribution in [3.05, 3.63) is 59.7 Å². The highest BCUT2D eigenvalue weighted by molar-refractivity contribution is 5.94. The summed E-state index contributed by atoms with van der Waals surface area (Å²) in [6, 6.07) is 10.5. The van der Waals surface area contributed by atoms with E-state index < -0.39 is 17.5 Å². The molecule has 4 nitrogen and oxygen atoms in total. The second-order valence-corrected chi connectivity index (χ2v) is 7.39. The van der Waals surface area contributed by atoms with Gasteiger partial charge < -0.3 is 10.2 Å². The van der Waals surface area contributed by atoms with Crippen molar-refractivity contribution in [2.24, 2.45) is 0 Å². The van der Waals surface area contributed by atoms with Crippen molar-refractivity contribution in [1.29, 1.82) is 0 Å². The van der Waals surface area contributed by atoms with Crippen molar-refractivity contribution in [3.63, 3.8) is 0 Å². The van der Waals surface area contributed by atoms with E-state index in [2.05, 4.69) is 26.1 Å². The van der Waals surface area contributed by atoms with Gasteiger partial charge in [-0.1, -0.05) is 32.9 Å². The van der Waals surface area contributed by atoms with Crippen LogP contribution in [0.25, 0.3) is 0 Å². The Morgan fingerprint density at radius 2 is 1.67 bits per heavy atom. The summed E-state index contributed by atoms with van der Waals surface area (Å²) in [5.74, 6) is -2.21. The van der Waals surface area contributed by atoms with E-state index in [0.717, 1.165) is 17.7 Å². The second kappa shape index (κ2) is 8.29. The standard InChI is InChI=1S/C21H24F2N2O2/c1-14(26)25(17-8-5-15(6-9-17)21(2,3)4)12-11-20(27)24-19-10-7-16(22)13-18(19)23/h5-10,13H,11-12H2,1-4H3,(H,24,27). The van der Waals surface area contributed by atoms with E-state index in [1.54, 1.807) is 0 Å². The van der Waals surface area contributed by atoms with Crippen LogP contribution in [0.3, 0.4) is 0 Å². The molecule has 0 fully saturated rings. The summed E-state index contributed by atoms with van der Waals surface area (Å²) < 4.78 is 26.5. The Hall–Kier alpha value is -2.76. The lowest BCUT2D eigenvalue weighted by Crippen LogP contribution is -2.32. The molecule has 0 saturated carbocycles. The molecule has 0 aliphatic carbocycles. The first-order chi connectivity index (χ1) is 12.6. The molecule has 0 bridgehead atoms. The van der Waals surface area contributed by atoms with Crippen LogP contribution in [0.15, 0.2) is 42.5 Å². The smallest absolute Gasteiger partial charge is 0.226 e. The third-order valence-corrected chi connectivity index (χ3v) is 4.19. The van der Waals surface area contributed by atoms with Crippen LogP contribution >= 0.6 is 0 Å². The Bertz CT molecular complexity index is 827. The molecule has 0 unspecified atom stereocenters. The van der Waals surface area contributed by atoms with Gasteiger partial charge >= 0.3 is 0 Å². The molecule has 6 heteroatoms. The Balaban J connectivity index is 2.04. The number of benzene rings is 2. The van der Waals surface area contributed by atoms with Crippen molar-refractivity contribution in [2.45, 2.75) is 39.5 Å². The van der Waals surface area contributed by atoms with E-state index >= 15 is 0 Å². The minimum atomic E-state index is -0.843. The molecule has 2 aromatic rings. The highest BCUT2D eigenvalue weighted by atomic mass is 19.1. The van der Waals surface area contributed by atoms with Gasteiger partial charge in [0.2, 0.25) is 11.8 Å². The summed E-state index contributed by atoms with van der Waals surface area (Å²) in [6.07, 6.45) is -0.0164. The van der Waals surface area contributed by atoms with Gasteiger partial charge in [-0.2, -0.15) is 0 Å². The SMILES string of the molecule is CC(=O)N(CCC(=O)Nc1ccc(F)cc1F)c1ccc(C(C)(C)C)cc1. The fraction of sp³-hybridized carbons (Fsp3) is 0.333. The van der Waals surface area contributed by atoms with Gasteiger partial charge in [0, 0.05) is 31.6 Å². The Labute approximate surface area is 158 Å². The highest BCUT2D eigenvalue weighted by Crippen LogP contribution is 2.25. The van der Waals surface area contributed by atoms with Gasteiger partial charge in [-0.25, -0.2) is 8.78 Å². The van der Waals surface area contributed by atoms with Crippen molar-refractivity contribution in [3.8, 4) is 0 Å². The molecule has 0 aliphatic heterocycles. The molecule has 144 valence electrons. The average Bonchev–Trinajstić information content (AvgIpc) is 2.57. The van der Waals surface area contributed by atoms with E-state index in [-0.39, 0.29) is 30.0 Å². The Morgan fingerprint density at radius 3 is 2.19 bits per heavy atom. The maximum Gasteiger partial charge on any atom is 0.226 e. The van der Waals surface area contributed by atoms with E-state index in [0.29, 0.717) is 11.8 Å². The number of nitrogens with zero attached hydrogens (tertiary/aromatic N) is 1. The predicted octanol–water partition coefficient (Wildman–Crippen LogP) is 4.64. The van der Waals surface area contributed by atoms with E-state index in [4.69, 9.17) is 0 Å². The molecule has 2 amide bonds. The number of carbonyl (C=O) groups excluding carboxylic acids is 2. The number of carbonyl (C=O) groups is 2. The zero-order valence-corrected chi connectivity index (χ0v) is 16.0. The zero-order chi connectivity index (χ0) is 20.2. The van der Waals surface area contributed by atoms with Crippen LogP contribution in [0.5, 0.6) is 0 Å². The quantitative estimate of drug-likeness (QED) is 0.829. The molecule has 2 aromatic carbocycles. The normalized spacial score (nSPS) is 11.2. The lowest BCUT2D eigenvalue weighted by molar-refractivity contribution is -0.117. The Morgan fingerprint density at radius 1 is 1.04 bits per heavy atom. The lowest BCUT2D eigenvalue weighted by Gasteiger charge is -2.23. The third-order valence-electron chi connectivity index (χ3n) is 4.19. The van der Waals surface area contributed by atoms with Crippen molar-refractivity contribution in [2.75, 3.05) is 16.8 Å². The molecule has 2 rings (SSSR count). The first-order valence-electron chi connectivity index (χ1n) is 8.71. The zero-order valence-electron chi connectivity index (χ0n) is 16.0. The first kappa shape index (κ1) is 20.6.